The van der Waals surface area contributed by atoms with Crippen molar-refractivity contribution >= 4 is 46.9 Å². The molecule has 8 nitrogen and oxygen atoms in total. The van der Waals surface area contributed by atoms with Crippen molar-refractivity contribution in [3.8, 4) is 11.5 Å². The highest BCUT2D eigenvalue weighted by Crippen LogP contribution is 2.30. The number of benzene rings is 4. The predicted octanol–water partition coefficient (Wildman–Crippen LogP) is 6.93. The summed E-state index contributed by atoms with van der Waals surface area (Å²) < 4.78 is 10.7. The van der Waals surface area contributed by atoms with Gasteiger partial charge in [0.1, 0.15) is 5.70 Å². The van der Waals surface area contributed by atoms with E-state index >= 15 is 0 Å². The lowest BCUT2D eigenvalue weighted by Gasteiger charge is -2.16. The maximum atomic E-state index is 13.6. The van der Waals surface area contributed by atoms with Crippen LogP contribution in [0.15, 0.2) is 108 Å². The molecule has 4 rings (SSSR count). The van der Waals surface area contributed by atoms with Gasteiger partial charge in [0.2, 0.25) is 5.91 Å². The minimum Gasteiger partial charge on any atom is -0.493 e. The van der Waals surface area contributed by atoms with Crippen molar-refractivity contribution in [2.45, 2.75) is 30.4 Å². The van der Waals surface area contributed by atoms with Gasteiger partial charge in [-0.05, 0) is 79.6 Å². The maximum Gasteiger partial charge on any atom is 0.272 e. The molecule has 0 aliphatic rings. The lowest BCUT2D eigenvalue weighted by atomic mass is 10.1. The lowest BCUT2D eigenvalue weighted by Crippen LogP contribution is -2.30. The molecule has 3 amide bonds. The van der Waals surface area contributed by atoms with Crippen LogP contribution in [0, 0.1) is 6.92 Å². The zero-order chi connectivity index (χ0) is 31.5. The minimum absolute atomic E-state index is 0.0352. The van der Waals surface area contributed by atoms with E-state index in [1.54, 1.807) is 60.7 Å². The highest BCUT2D eigenvalue weighted by atomic mass is 32.2. The Kier molecular flexibility index (Phi) is 11.2. The topological polar surface area (TPSA) is 106 Å². The largest absolute Gasteiger partial charge is 0.493 e. The van der Waals surface area contributed by atoms with Crippen LogP contribution in [-0.2, 0) is 9.59 Å². The van der Waals surface area contributed by atoms with Crippen LogP contribution in [0.4, 0.5) is 11.4 Å². The number of anilines is 2. The van der Waals surface area contributed by atoms with Crippen LogP contribution in [0.25, 0.3) is 6.08 Å². The smallest absolute Gasteiger partial charge is 0.272 e. The fourth-order valence-electron chi connectivity index (χ4n) is 4.24. The molecule has 3 N–H and O–H groups in total. The summed E-state index contributed by atoms with van der Waals surface area (Å²) in [7, 11) is 3.06. The van der Waals surface area contributed by atoms with Crippen molar-refractivity contribution in [3.05, 3.63) is 119 Å². The number of aryl methyl sites for hydroxylation is 1. The predicted molar refractivity (Wildman–Crippen MR) is 176 cm³/mol. The van der Waals surface area contributed by atoms with Crippen LogP contribution >= 0.6 is 11.8 Å². The van der Waals surface area contributed by atoms with Crippen LogP contribution in [0.2, 0.25) is 0 Å². The molecule has 0 aliphatic carbocycles. The second kappa shape index (κ2) is 15.5. The zero-order valence-corrected chi connectivity index (χ0v) is 25.9. The number of thioether (sulfide) groups is 1. The molecule has 4 aromatic carbocycles. The summed E-state index contributed by atoms with van der Waals surface area (Å²) in [6.45, 7) is 3.95. The van der Waals surface area contributed by atoms with Crippen molar-refractivity contribution in [1.82, 2.24) is 5.32 Å². The quantitative estimate of drug-likeness (QED) is 0.119. The van der Waals surface area contributed by atoms with Crippen molar-refractivity contribution in [3.63, 3.8) is 0 Å². The first-order valence-electron chi connectivity index (χ1n) is 14.0. The van der Waals surface area contributed by atoms with E-state index in [1.165, 1.54) is 26.0 Å². The number of ether oxygens (including phenoxy) is 2. The van der Waals surface area contributed by atoms with E-state index in [1.807, 2.05) is 56.3 Å². The molecule has 9 heteroatoms. The summed E-state index contributed by atoms with van der Waals surface area (Å²) in [5.41, 5.74) is 3.44. The van der Waals surface area contributed by atoms with Crippen molar-refractivity contribution in [2.75, 3.05) is 24.9 Å². The Balaban J connectivity index is 1.53. The Morgan fingerprint density at radius 3 is 2.20 bits per heavy atom. The van der Waals surface area contributed by atoms with Gasteiger partial charge in [-0.25, -0.2) is 0 Å². The summed E-state index contributed by atoms with van der Waals surface area (Å²) in [4.78, 5) is 40.4. The molecule has 44 heavy (non-hydrogen) atoms. The Labute approximate surface area is 261 Å². The molecular weight excluding hydrogens is 574 g/mol. The first kappa shape index (κ1) is 31.9. The highest BCUT2D eigenvalue weighted by molar-refractivity contribution is 8.00. The molecule has 0 heterocycles. The summed E-state index contributed by atoms with van der Waals surface area (Å²) in [5.74, 6) is -0.0229. The Hall–Kier alpha value is -5.02. The maximum absolute atomic E-state index is 13.6. The van der Waals surface area contributed by atoms with Crippen LogP contribution in [0.5, 0.6) is 11.5 Å². The highest BCUT2D eigenvalue weighted by Gasteiger charge is 2.20. The molecule has 0 saturated heterocycles. The Morgan fingerprint density at radius 2 is 1.52 bits per heavy atom. The molecule has 0 fully saturated rings. The number of rotatable bonds is 12. The molecule has 0 bridgehead atoms. The SMILES string of the molecule is CCC(Sc1cccc(NC(=O)/C(=C\c2ccc(OC)c(OC)c2)NC(=O)c2ccccc2)c1)C(=O)Nc1ccc(C)cc1. The van der Waals surface area contributed by atoms with Crippen LogP contribution in [0.3, 0.4) is 0 Å². The van der Waals surface area contributed by atoms with Gasteiger partial charge in [-0.2, -0.15) is 0 Å². The second-order valence-electron chi connectivity index (χ2n) is 9.84. The van der Waals surface area contributed by atoms with Gasteiger partial charge in [0.25, 0.3) is 11.8 Å². The van der Waals surface area contributed by atoms with E-state index in [0.29, 0.717) is 34.7 Å². The van der Waals surface area contributed by atoms with E-state index in [2.05, 4.69) is 16.0 Å². The van der Waals surface area contributed by atoms with Gasteiger partial charge in [-0.1, -0.05) is 55.0 Å². The minimum atomic E-state index is -0.518. The van der Waals surface area contributed by atoms with Crippen LogP contribution < -0.4 is 25.4 Å². The fraction of sp³-hybridized carbons (Fsp3) is 0.171. The van der Waals surface area contributed by atoms with Crippen LogP contribution in [0.1, 0.15) is 34.8 Å². The Morgan fingerprint density at radius 1 is 0.795 bits per heavy atom. The van der Waals surface area contributed by atoms with Gasteiger partial charge in [-0.3, -0.25) is 14.4 Å². The summed E-state index contributed by atoms with van der Waals surface area (Å²) in [6, 6.07) is 28.7. The number of carbonyl (C=O) groups excluding carboxylic acids is 3. The van der Waals surface area contributed by atoms with Gasteiger partial charge >= 0.3 is 0 Å². The average Bonchev–Trinajstić information content (AvgIpc) is 3.04. The van der Waals surface area contributed by atoms with Gasteiger partial charge in [0.15, 0.2) is 11.5 Å². The molecular formula is C35H35N3O5S. The monoisotopic (exact) mass is 609 g/mol. The van der Waals surface area contributed by atoms with Gasteiger partial charge in [0.05, 0.1) is 19.5 Å². The second-order valence-corrected chi connectivity index (χ2v) is 11.1. The van der Waals surface area contributed by atoms with Crippen molar-refractivity contribution in [2.24, 2.45) is 0 Å². The first-order chi connectivity index (χ1) is 21.3. The third-order valence-corrected chi connectivity index (χ3v) is 7.96. The van der Waals surface area contributed by atoms with E-state index in [9.17, 15) is 14.4 Å². The lowest BCUT2D eigenvalue weighted by molar-refractivity contribution is -0.116. The summed E-state index contributed by atoms with van der Waals surface area (Å²) in [6.07, 6.45) is 2.18. The molecule has 0 saturated carbocycles. The number of hydrogen-bond donors (Lipinski definition) is 3. The molecule has 0 spiro atoms. The first-order valence-corrected chi connectivity index (χ1v) is 14.9. The molecule has 4 aromatic rings. The van der Waals surface area contributed by atoms with E-state index in [4.69, 9.17) is 9.47 Å². The number of amides is 3. The van der Waals surface area contributed by atoms with Gasteiger partial charge in [0, 0.05) is 21.8 Å². The van der Waals surface area contributed by atoms with Gasteiger partial charge < -0.3 is 25.4 Å². The standard InChI is InChI=1S/C35H35N3O5S/c1-5-32(35(41)36-26-17-14-23(2)15-18-26)44-28-13-9-12-27(22-28)37-34(40)29(38-33(39)25-10-7-6-8-11-25)20-24-16-19-30(42-3)31(21-24)43-4/h6-22,32H,5H2,1-4H3,(H,36,41)(H,37,40)(H,38,39)/b29-20+. The number of methoxy groups -OCH3 is 2. The number of hydrogen-bond acceptors (Lipinski definition) is 6. The third kappa shape index (κ3) is 8.75. The molecule has 1 unspecified atom stereocenters. The van der Waals surface area contributed by atoms with Crippen molar-refractivity contribution < 1.29 is 23.9 Å². The summed E-state index contributed by atoms with van der Waals surface area (Å²) >= 11 is 1.41. The van der Waals surface area contributed by atoms with E-state index in [-0.39, 0.29) is 16.9 Å². The Bertz CT molecular complexity index is 1640. The molecule has 0 aromatic heterocycles. The summed E-state index contributed by atoms with van der Waals surface area (Å²) in [5, 5.41) is 8.27. The third-order valence-electron chi connectivity index (χ3n) is 6.60. The molecule has 1 atom stereocenters. The zero-order valence-electron chi connectivity index (χ0n) is 25.0. The number of carbonyl (C=O) groups is 3. The van der Waals surface area contributed by atoms with E-state index < -0.39 is 11.8 Å². The van der Waals surface area contributed by atoms with E-state index in [0.717, 1.165) is 16.1 Å². The average molecular weight is 610 g/mol. The molecule has 226 valence electrons. The number of nitrogens with one attached hydrogen (secondary N) is 3. The normalized spacial score (nSPS) is 11.7. The van der Waals surface area contributed by atoms with Crippen LogP contribution in [-0.4, -0.2) is 37.2 Å². The van der Waals surface area contributed by atoms with Crippen molar-refractivity contribution in [1.29, 1.82) is 0 Å². The molecule has 0 radical (unpaired) electrons. The van der Waals surface area contributed by atoms with Gasteiger partial charge in [-0.15, -0.1) is 11.8 Å². The molecule has 0 aliphatic heterocycles. The fourth-order valence-corrected chi connectivity index (χ4v) is 5.26.